The van der Waals surface area contributed by atoms with Gasteiger partial charge in [-0.2, -0.15) is 4.72 Å². The minimum absolute atomic E-state index is 0.0214. The number of nitrogens with one attached hydrogen (secondary N) is 1. The van der Waals surface area contributed by atoms with E-state index in [1.54, 1.807) is 13.8 Å². The van der Waals surface area contributed by atoms with Crippen molar-refractivity contribution in [3.8, 4) is 5.75 Å². The summed E-state index contributed by atoms with van der Waals surface area (Å²) in [5.74, 6) is -0.554. The Morgan fingerprint density at radius 2 is 1.62 bits per heavy atom. The van der Waals surface area contributed by atoms with Gasteiger partial charge in [0.05, 0.1) is 12.0 Å². The molecule has 0 fully saturated rings. The molecule has 0 aliphatic heterocycles. The number of ketones is 1. The molecule has 174 valence electrons. The van der Waals surface area contributed by atoms with Gasteiger partial charge in [-0.05, 0) is 80.1 Å². The Kier molecular flexibility index (Phi) is 8.20. The van der Waals surface area contributed by atoms with E-state index < -0.39 is 22.0 Å². The lowest BCUT2D eigenvalue weighted by atomic mass is 9.92. The van der Waals surface area contributed by atoms with E-state index in [0.717, 1.165) is 22.3 Å². The standard InChI is InChI=1S/C24H31NO6S/c1-14(2)23(25-32(28,29)20-10-8-19(30-7)9-11-20)24(27)31-13-21-15(3)12-16(4)22(17(21)5)18(6)26/h8-12,14,23,25H,13H2,1-7H3/t23-/m0/s1. The third-order valence-electron chi connectivity index (χ3n) is 5.41. The number of benzene rings is 2. The summed E-state index contributed by atoms with van der Waals surface area (Å²) >= 11 is 0. The SMILES string of the molecule is COc1ccc(S(=O)(=O)N[C@H](C(=O)OCc2c(C)cc(C)c(C(C)=O)c2C)C(C)C)cc1. The van der Waals surface area contributed by atoms with Crippen LogP contribution < -0.4 is 9.46 Å². The molecule has 7 nitrogen and oxygen atoms in total. The average Bonchev–Trinajstić information content (AvgIpc) is 2.70. The molecule has 0 heterocycles. The highest BCUT2D eigenvalue weighted by molar-refractivity contribution is 7.89. The van der Waals surface area contributed by atoms with E-state index in [1.807, 2.05) is 26.8 Å². The zero-order valence-electron chi connectivity index (χ0n) is 19.6. The van der Waals surface area contributed by atoms with Crippen LogP contribution in [-0.4, -0.2) is 33.3 Å². The van der Waals surface area contributed by atoms with Gasteiger partial charge in [-0.15, -0.1) is 0 Å². The molecular formula is C24H31NO6S. The second-order valence-electron chi connectivity index (χ2n) is 8.17. The molecule has 0 bridgehead atoms. The Balaban J connectivity index is 2.23. The average molecular weight is 462 g/mol. The second kappa shape index (κ2) is 10.3. The number of hydrogen-bond acceptors (Lipinski definition) is 6. The number of methoxy groups -OCH3 is 1. The Morgan fingerprint density at radius 3 is 2.12 bits per heavy atom. The van der Waals surface area contributed by atoms with Crippen molar-refractivity contribution in [3.05, 3.63) is 58.1 Å². The van der Waals surface area contributed by atoms with Crippen molar-refractivity contribution < 1.29 is 27.5 Å². The lowest BCUT2D eigenvalue weighted by molar-refractivity contribution is -0.148. The topological polar surface area (TPSA) is 98.8 Å². The monoisotopic (exact) mass is 461 g/mol. The van der Waals surface area contributed by atoms with E-state index in [4.69, 9.17) is 9.47 Å². The summed E-state index contributed by atoms with van der Waals surface area (Å²) in [6.07, 6.45) is 0. The Hall–Kier alpha value is -2.71. The van der Waals surface area contributed by atoms with Crippen LogP contribution in [0, 0.1) is 26.7 Å². The number of carbonyl (C=O) groups excluding carboxylic acids is 2. The number of aryl methyl sites for hydroxylation is 2. The van der Waals surface area contributed by atoms with Gasteiger partial charge >= 0.3 is 5.97 Å². The lowest BCUT2D eigenvalue weighted by Crippen LogP contribution is -2.45. The number of carbonyl (C=O) groups is 2. The van der Waals surface area contributed by atoms with Gasteiger partial charge in [0.2, 0.25) is 10.0 Å². The Labute approximate surface area is 190 Å². The van der Waals surface area contributed by atoms with Crippen LogP contribution in [0.25, 0.3) is 0 Å². The third kappa shape index (κ3) is 5.75. The van der Waals surface area contributed by atoms with Crippen molar-refractivity contribution in [2.45, 2.75) is 59.1 Å². The van der Waals surface area contributed by atoms with E-state index in [2.05, 4.69) is 4.72 Å². The van der Waals surface area contributed by atoms with Gasteiger partial charge in [-0.3, -0.25) is 9.59 Å². The maximum Gasteiger partial charge on any atom is 0.324 e. The van der Waals surface area contributed by atoms with Gasteiger partial charge in [0.15, 0.2) is 5.78 Å². The molecule has 2 aromatic carbocycles. The first-order valence-corrected chi connectivity index (χ1v) is 11.8. The number of esters is 1. The van der Waals surface area contributed by atoms with E-state index >= 15 is 0 Å². The van der Waals surface area contributed by atoms with Crippen LogP contribution in [0.1, 0.15) is 53.4 Å². The van der Waals surface area contributed by atoms with Crippen molar-refractivity contribution in [3.63, 3.8) is 0 Å². The van der Waals surface area contributed by atoms with Crippen LogP contribution in [0.3, 0.4) is 0 Å². The predicted octanol–water partition coefficient (Wildman–Crippen LogP) is 3.87. The molecule has 0 radical (unpaired) electrons. The van der Waals surface area contributed by atoms with Gasteiger partial charge in [0, 0.05) is 5.56 Å². The summed E-state index contributed by atoms with van der Waals surface area (Å²) < 4.78 is 38.6. The molecule has 0 saturated carbocycles. The molecule has 0 amide bonds. The number of Topliss-reactive ketones (excluding diaryl/α,β-unsaturated/α-hetero) is 1. The van der Waals surface area contributed by atoms with Gasteiger partial charge in [-0.1, -0.05) is 19.9 Å². The third-order valence-corrected chi connectivity index (χ3v) is 6.87. The summed E-state index contributed by atoms with van der Waals surface area (Å²) in [5.41, 5.74) is 3.90. The lowest BCUT2D eigenvalue weighted by Gasteiger charge is -2.22. The molecule has 2 rings (SSSR count). The van der Waals surface area contributed by atoms with Crippen molar-refractivity contribution >= 4 is 21.8 Å². The van der Waals surface area contributed by atoms with Crippen molar-refractivity contribution in [1.29, 1.82) is 0 Å². The highest BCUT2D eigenvalue weighted by Crippen LogP contribution is 2.24. The number of hydrogen-bond donors (Lipinski definition) is 1. The highest BCUT2D eigenvalue weighted by Gasteiger charge is 2.30. The molecule has 1 N–H and O–H groups in total. The fraction of sp³-hybridized carbons (Fsp3) is 0.417. The first kappa shape index (κ1) is 25.5. The van der Waals surface area contributed by atoms with Crippen LogP contribution in [-0.2, 0) is 26.2 Å². The van der Waals surface area contributed by atoms with Crippen LogP contribution in [0.4, 0.5) is 0 Å². The van der Waals surface area contributed by atoms with Gasteiger partial charge in [0.25, 0.3) is 0 Å². The minimum atomic E-state index is -3.95. The minimum Gasteiger partial charge on any atom is -0.497 e. The zero-order chi connectivity index (χ0) is 24.2. The molecule has 0 aliphatic rings. The first-order valence-electron chi connectivity index (χ1n) is 10.3. The molecule has 0 saturated heterocycles. The second-order valence-corrected chi connectivity index (χ2v) is 9.89. The van der Waals surface area contributed by atoms with Crippen molar-refractivity contribution in [2.75, 3.05) is 7.11 Å². The van der Waals surface area contributed by atoms with Crippen LogP contribution in [0.2, 0.25) is 0 Å². The number of rotatable bonds is 9. The fourth-order valence-corrected chi connectivity index (χ4v) is 5.00. The maximum atomic E-state index is 12.8. The molecule has 0 aromatic heterocycles. The molecule has 2 aromatic rings. The fourth-order valence-electron chi connectivity index (χ4n) is 3.67. The van der Waals surface area contributed by atoms with Gasteiger partial charge in [0.1, 0.15) is 18.4 Å². The Bertz CT molecular complexity index is 1100. The maximum absolute atomic E-state index is 12.8. The molecule has 32 heavy (non-hydrogen) atoms. The van der Waals surface area contributed by atoms with E-state index in [0.29, 0.717) is 11.3 Å². The van der Waals surface area contributed by atoms with Crippen LogP contribution >= 0.6 is 0 Å². The normalized spacial score (nSPS) is 12.5. The summed E-state index contributed by atoms with van der Waals surface area (Å²) in [5, 5.41) is 0. The van der Waals surface area contributed by atoms with Crippen molar-refractivity contribution in [2.24, 2.45) is 5.92 Å². The molecule has 8 heteroatoms. The molecule has 0 unspecified atom stereocenters. The smallest absolute Gasteiger partial charge is 0.324 e. The molecule has 0 spiro atoms. The number of sulfonamides is 1. The predicted molar refractivity (Wildman–Crippen MR) is 122 cm³/mol. The summed E-state index contributed by atoms with van der Waals surface area (Å²) in [6, 6.07) is 6.71. The summed E-state index contributed by atoms with van der Waals surface area (Å²) in [7, 11) is -2.46. The van der Waals surface area contributed by atoms with Gasteiger partial charge in [-0.25, -0.2) is 8.42 Å². The highest BCUT2D eigenvalue weighted by atomic mass is 32.2. The number of ether oxygens (including phenoxy) is 2. The van der Waals surface area contributed by atoms with Crippen LogP contribution in [0.15, 0.2) is 35.2 Å². The quantitative estimate of drug-likeness (QED) is 0.450. The van der Waals surface area contributed by atoms with E-state index in [1.165, 1.54) is 38.3 Å². The van der Waals surface area contributed by atoms with E-state index in [-0.39, 0.29) is 23.2 Å². The zero-order valence-corrected chi connectivity index (χ0v) is 20.4. The first-order chi connectivity index (χ1) is 14.9. The van der Waals surface area contributed by atoms with Gasteiger partial charge < -0.3 is 9.47 Å². The molecule has 1 atom stereocenters. The summed E-state index contributed by atoms with van der Waals surface area (Å²) in [6.45, 7) is 10.5. The van der Waals surface area contributed by atoms with Crippen molar-refractivity contribution in [1.82, 2.24) is 4.72 Å². The molecule has 0 aliphatic carbocycles. The van der Waals surface area contributed by atoms with E-state index in [9.17, 15) is 18.0 Å². The molecular weight excluding hydrogens is 430 g/mol. The largest absolute Gasteiger partial charge is 0.497 e. The Morgan fingerprint density at radius 1 is 1.03 bits per heavy atom. The summed E-state index contributed by atoms with van der Waals surface area (Å²) in [4.78, 5) is 24.9. The van der Waals surface area contributed by atoms with Crippen LogP contribution in [0.5, 0.6) is 5.75 Å².